The van der Waals surface area contributed by atoms with Crippen molar-refractivity contribution in [1.29, 1.82) is 0 Å². The molecule has 1 aromatic heterocycles. The summed E-state index contributed by atoms with van der Waals surface area (Å²) in [6.45, 7) is 1.63. The van der Waals surface area contributed by atoms with Crippen molar-refractivity contribution in [3.8, 4) is 0 Å². The third-order valence-corrected chi connectivity index (χ3v) is 1.88. The summed E-state index contributed by atoms with van der Waals surface area (Å²) in [5.41, 5.74) is 0.604. The zero-order chi connectivity index (χ0) is 8.43. The number of aldehydes is 1. The average molecular weight is 218 g/mol. The Bertz CT molecular complexity index is 301. The highest BCUT2D eigenvalue weighted by molar-refractivity contribution is 9.10. The molecule has 1 rings (SSSR count). The van der Waals surface area contributed by atoms with Crippen molar-refractivity contribution in [2.24, 2.45) is 0 Å². The van der Waals surface area contributed by atoms with Gasteiger partial charge in [0.15, 0.2) is 12.1 Å². The number of halogens is 2. The van der Waals surface area contributed by atoms with Crippen molar-refractivity contribution in [2.45, 2.75) is 6.92 Å². The quantitative estimate of drug-likeness (QED) is 0.533. The van der Waals surface area contributed by atoms with E-state index in [1.165, 1.54) is 6.20 Å². The number of rotatable bonds is 1. The standard InChI is InChI=1S/C7H5BrFNO/c1-4-2-10-7(8)6(9)5(4)3-11/h2-3H,1H3. The molecule has 11 heavy (non-hydrogen) atoms. The Hall–Kier alpha value is -0.770. The van der Waals surface area contributed by atoms with Gasteiger partial charge >= 0.3 is 0 Å². The third-order valence-electron chi connectivity index (χ3n) is 1.33. The lowest BCUT2D eigenvalue weighted by molar-refractivity contribution is 0.111. The summed E-state index contributed by atoms with van der Waals surface area (Å²) in [5, 5.41) is 0. The van der Waals surface area contributed by atoms with E-state index in [0.29, 0.717) is 11.8 Å². The highest BCUT2D eigenvalue weighted by atomic mass is 79.9. The van der Waals surface area contributed by atoms with E-state index < -0.39 is 5.82 Å². The van der Waals surface area contributed by atoms with Gasteiger partial charge in [-0.25, -0.2) is 9.37 Å². The van der Waals surface area contributed by atoms with Gasteiger partial charge in [-0.2, -0.15) is 0 Å². The summed E-state index contributed by atoms with van der Waals surface area (Å²) in [7, 11) is 0. The van der Waals surface area contributed by atoms with Crippen LogP contribution >= 0.6 is 15.9 Å². The van der Waals surface area contributed by atoms with Crippen LogP contribution < -0.4 is 0 Å². The smallest absolute Gasteiger partial charge is 0.166 e. The molecule has 0 atom stereocenters. The Labute approximate surface area is 71.6 Å². The van der Waals surface area contributed by atoms with E-state index >= 15 is 0 Å². The number of pyridine rings is 1. The lowest BCUT2D eigenvalue weighted by Crippen LogP contribution is -1.95. The molecular formula is C7H5BrFNO. The Balaban J connectivity index is 3.40. The topological polar surface area (TPSA) is 30.0 Å². The molecule has 0 amide bonds. The molecule has 0 spiro atoms. The molecule has 0 aliphatic carbocycles. The number of carbonyl (C=O) groups is 1. The largest absolute Gasteiger partial charge is 0.298 e. The van der Waals surface area contributed by atoms with Crippen LogP contribution in [0.5, 0.6) is 0 Å². The van der Waals surface area contributed by atoms with Gasteiger partial charge in [-0.3, -0.25) is 4.79 Å². The highest BCUT2D eigenvalue weighted by Crippen LogP contribution is 2.17. The van der Waals surface area contributed by atoms with Crippen LogP contribution in [0.15, 0.2) is 10.8 Å². The summed E-state index contributed by atoms with van der Waals surface area (Å²) >= 11 is 2.88. The molecule has 1 heterocycles. The van der Waals surface area contributed by atoms with Crippen molar-refractivity contribution >= 4 is 22.2 Å². The van der Waals surface area contributed by atoms with E-state index in [2.05, 4.69) is 20.9 Å². The van der Waals surface area contributed by atoms with Gasteiger partial charge in [0.2, 0.25) is 0 Å². The van der Waals surface area contributed by atoms with Crippen molar-refractivity contribution < 1.29 is 9.18 Å². The predicted octanol–water partition coefficient (Wildman–Crippen LogP) is 2.10. The summed E-state index contributed by atoms with van der Waals surface area (Å²) in [4.78, 5) is 14.0. The zero-order valence-corrected chi connectivity index (χ0v) is 7.35. The molecule has 0 saturated heterocycles. The molecule has 0 saturated carbocycles. The van der Waals surface area contributed by atoms with E-state index in [1.807, 2.05) is 0 Å². The average Bonchev–Trinajstić information content (AvgIpc) is 1.99. The Morgan fingerprint density at radius 3 is 2.82 bits per heavy atom. The summed E-state index contributed by atoms with van der Waals surface area (Å²) in [6.07, 6.45) is 1.92. The predicted molar refractivity (Wildman–Crippen MR) is 42.0 cm³/mol. The van der Waals surface area contributed by atoms with Gasteiger partial charge in [0, 0.05) is 6.20 Å². The zero-order valence-electron chi connectivity index (χ0n) is 5.77. The number of aryl methyl sites for hydroxylation is 1. The van der Waals surface area contributed by atoms with Gasteiger partial charge in [-0.05, 0) is 28.4 Å². The summed E-state index contributed by atoms with van der Waals surface area (Å²) < 4.78 is 13.0. The van der Waals surface area contributed by atoms with Crippen LogP contribution in [0.1, 0.15) is 15.9 Å². The minimum atomic E-state index is -0.597. The van der Waals surface area contributed by atoms with E-state index in [-0.39, 0.29) is 10.2 Å². The number of nitrogens with zero attached hydrogens (tertiary/aromatic N) is 1. The molecular weight excluding hydrogens is 213 g/mol. The maximum absolute atomic E-state index is 12.9. The van der Waals surface area contributed by atoms with Crippen molar-refractivity contribution in [2.75, 3.05) is 0 Å². The number of carbonyl (C=O) groups excluding carboxylic acids is 1. The van der Waals surface area contributed by atoms with Crippen LogP contribution in [0.3, 0.4) is 0 Å². The van der Waals surface area contributed by atoms with Crippen LogP contribution in [0.4, 0.5) is 4.39 Å². The van der Waals surface area contributed by atoms with E-state index in [0.717, 1.165) is 0 Å². The van der Waals surface area contributed by atoms with E-state index in [9.17, 15) is 9.18 Å². The molecule has 0 fully saturated rings. The maximum atomic E-state index is 12.9. The van der Waals surface area contributed by atoms with Gasteiger partial charge in [-0.1, -0.05) is 0 Å². The number of hydrogen-bond acceptors (Lipinski definition) is 2. The molecule has 0 aromatic carbocycles. The molecule has 0 unspecified atom stereocenters. The maximum Gasteiger partial charge on any atom is 0.166 e. The first-order chi connectivity index (χ1) is 5.16. The summed E-state index contributed by atoms with van der Waals surface area (Å²) in [5.74, 6) is -0.597. The second-order valence-corrected chi connectivity index (χ2v) is 2.83. The van der Waals surface area contributed by atoms with Gasteiger partial charge in [0.05, 0.1) is 5.56 Å². The molecule has 1 aromatic rings. The van der Waals surface area contributed by atoms with Gasteiger partial charge in [-0.15, -0.1) is 0 Å². The SMILES string of the molecule is Cc1cnc(Br)c(F)c1C=O. The molecule has 0 radical (unpaired) electrons. The minimum Gasteiger partial charge on any atom is -0.298 e. The number of hydrogen-bond donors (Lipinski definition) is 0. The molecule has 58 valence electrons. The first-order valence-corrected chi connectivity index (χ1v) is 3.72. The second kappa shape index (κ2) is 3.09. The van der Waals surface area contributed by atoms with Crippen LogP contribution in [0, 0.1) is 12.7 Å². The Kier molecular flexibility index (Phi) is 2.34. The van der Waals surface area contributed by atoms with Gasteiger partial charge < -0.3 is 0 Å². The van der Waals surface area contributed by atoms with Crippen LogP contribution in [0.25, 0.3) is 0 Å². The van der Waals surface area contributed by atoms with Gasteiger partial charge in [0.1, 0.15) is 4.60 Å². The Morgan fingerprint density at radius 1 is 1.73 bits per heavy atom. The normalized spacial score (nSPS) is 9.73. The van der Waals surface area contributed by atoms with Crippen LogP contribution in [-0.2, 0) is 0 Å². The first kappa shape index (κ1) is 8.33. The fourth-order valence-electron chi connectivity index (χ4n) is 0.709. The van der Waals surface area contributed by atoms with Crippen molar-refractivity contribution in [3.63, 3.8) is 0 Å². The molecule has 0 bridgehead atoms. The third kappa shape index (κ3) is 1.45. The summed E-state index contributed by atoms with van der Waals surface area (Å²) in [6, 6.07) is 0. The second-order valence-electron chi connectivity index (χ2n) is 2.08. The monoisotopic (exact) mass is 217 g/mol. The molecule has 0 aliphatic heterocycles. The first-order valence-electron chi connectivity index (χ1n) is 2.92. The molecule has 0 N–H and O–H groups in total. The van der Waals surface area contributed by atoms with Crippen molar-refractivity contribution in [1.82, 2.24) is 4.98 Å². The lowest BCUT2D eigenvalue weighted by atomic mass is 10.2. The fourth-order valence-corrected chi connectivity index (χ4v) is 1.02. The molecule has 4 heteroatoms. The number of aromatic nitrogens is 1. The fraction of sp³-hybridized carbons (Fsp3) is 0.143. The van der Waals surface area contributed by atoms with E-state index in [1.54, 1.807) is 6.92 Å². The minimum absolute atomic E-state index is 0.0619. The van der Waals surface area contributed by atoms with Gasteiger partial charge in [0.25, 0.3) is 0 Å². The Morgan fingerprint density at radius 2 is 2.36 bits per heavy atom. The van der Waals surface area contributed by atoms with Crippen LogP contribution in [-0.4, -0.2) is 11.3 Å². The molecule has 2 nitrogen and oxygen atoms in total. The van der Waals surface area contributed by atoms with Crippen LogP contribution in [0.2, 0.25) is 0 Å². The lowest BCUT2D eigenvalue weighted by Gasteiger charge is -1.99. The molecule has 0 aliphatic rings. The van der Waals surface area contributed by atoms with Crippen molar-refractivity contribution in [3.05, 3.63) is 27.7 Å². The van der Waals surface area contributed by atoms with E-state index in [4.69, 9.17) is 0 Å². The highest BCUT2D eigenvalue weighted by Gasteiger charge is 2.08.